The maximum Gasteiger partial charge on any atom is 0.0619 e. The van der Waals surface area contributed by atoms with Crippen LogP contribution in [0.4, 0.5) is 0 Å². The Hall–Kier alpha value is -5.08. The van der Waals surface area contributed by atoms with Crippen LogP contribution in [0.25, 0.3) is 66.1 Å². The molecule has 0 bridgehead atoms. The van der Waals surface area contributed by atoms with E-state index >= 15 is 0 Å². The number of benzene rings is 6. The average molecular weight is 499 g/mol. The van der Waals surface area contributed by atoms with Crippen molar-refractivity contribution in [2.24, 2.45) is 0 Å². The fraction of sp³-hybridized carbons (Fsp3) is 0.0270. The Morgan fingerprint density at radius 1 is 0.410 bits per heavy atom. The molecule has 2 heterocycles. The number of para-hydroxylation sites is 3. The molecule has 0 saturated carbocycles. The first-order valence-corrected chi connectivity index (χ1v) is 13.5. The van der Waals surface area contributed by atoms with Crippen molar-refractivity contribution < 1.29 is 0 Å². The number of fused-ring (bicyclic) bond motifs is 6. The molecule has 0 radical (unpaired) electrons. The standard InChI is InChI=1S/C37H26N2/c1-25-19-21-36-32(23-25)31-17-10-16-29(26-11-4-2-5-12-26)37(31)39(36)28-20-22-35-33(24-28)30-15-8-9-18-34(30)38(35)27-13-6-3-7-14-27/h2-24H,1H3. The zero-order valence-corrected chi connectivity index (χ0v) is 21.7. The predicted molar refractivity (Wildman–Crippen MR) is 165 cm³/mol. The summed E-state index contributed by atoms with van der Waals surface area (Å²) in [6.07, 6.45) is 0. The summed E-state index contributed by atoms with van der Waals surface area (Å²) in [5.74, 6) is 0. The molecule has 0 fully saturated rings. The lowest BCUT2D eigenvalue weighted by molar-refractivity contribution is 1.16. The Labute approximate surface area is 227 Å². The highest BCUT2D eigenvalue weighted by molar-refractivity contribution is 6.15. The number of hydrogen-bond acceptors (Lipinski definition) is 0. The third kappa shape index (κ3) is 3.28. The molecule has 0 unspecified atom stereocenters. The van der Waals surface area contributed by atoms with Gasteiger partial charge >= 0.3 is 0 Å². The van der Waals surface area contributed by atoms with Crippen molar-refractivity contribution in [2.75, 3.05) is 0 Å². The van der Waals surface area contributed by atoms with Crippen LogP contribution in [0.1, 0.15) is 5.56 Å². The summed E-state index contributed by atoms with van der Waals surface area (Å²) < 4.78 is 4.83. The summed E-state index contributed by atoms with van der Waals surface area (Å²) in [5, 5.41) is 5.08. The molecular weight excluding hydrogens is 472 g/mol. The highest BCUT2D eigenvalue weighted by Crippen LogP contribution is 2.40. The van der Waals surface area contributed by atoms with Crippen molar-refractivity contribution in [3.05, 3.63) is 145 Å². The maximum atomic E-state index is 2.46. The third-order valence-electron chi connectivity index (χ3n) is 7.96. The molecule has 8 aromatic rings. The van der Waals surface area contributed by atoms with Gasteiger partial charge in [0.15, 0.2) is 0 Å². The van der Waals surface area contributed by atoms with Gasteiger partial charge < -0.3 is 9.13 Å². The van der Waals surface area contributed by atoms with Crippen LogP contribution in [-0.4, -0.2) is 9.13 Å². The number of aryl methyl sites for hydroxylation is 1. The molecule has 184 valence electrons. The van der Waals surface area contributed by atoms with E-state index in [0.29, 0.717) is 0 Å². The van der Waals surface area contributed by atoms with E-state index in [1.165, 1.54) is 71.7 Å². The molecule has 0 aliphatic carbocycles. The van der Waals surface area contributed by atoms with Crippen molar-refractivity contribution in [2.45, 2.75) is 6.92 Å². The van der Waals surface area contributed by atoms with E-state index < -0.39 is 0 Å². The lowest BCUT2D eigenvalue weighted by Crippen LogP contribution is -1.97. The van der Waals surface area contributed by atoms with Crippen LogP contribution >= 0.6 is 0 Å². The molecule has 8 rings (SSSR count). The summed E-state index contributed by atoms with van der Waals surface area (Å²) in [5.41, 5.74) is 11.0. The van der Waals surface area contributed by atoms with Gasteiger partial charge in [0.25, 0.3) is 0 Å². The van der Waals surface area contributed by atoms with Crippen molar-refractivity contribution >= 4 is 43.6 Å². The van der Waals surface area contributed by atoms with E-state index in [-0.39, 0.29) is 0 Å². The average Bonchev–Trinajstić information content (AvgIpc) is 3.50. The molecule has 0 aliphatic rings. The van der Waals surface area contributed by atoms with Gasteiger partial charge in [0.1, 0.15) is 0 Å². The second kappa shape index (κ2) is 8.47. The molecule has 2 nitrogen and oxygen atoms in total. The Bertz CT molecular complexity index is 2160. The summed E-state index contributed by atoms with van der Waals surface area (Å²) in [7, 11) is 0. The molecule has 2 aromatic heterocycles. The Morgan fingerprint density at radius 3 is 1.90 bits per heavy atom. The van der Waals surface area contributed by atoms with Gasteiger partial charge in [0.05, 0.1) is 22.1 Å². The monoisotopic (exact) mass is 498 g/mol. The number of rotatable bonds is 3. The molecule has 0 aliphatic heterocycles. The second-order valence-corrected chi connectivity index (χ2v) is 10.3. The van der Waals surface area contributed by atoms with Gasteiger partial charge in [-0.2, -0.15) is 0 Å². The van der Waals surface area contributed by atoms with E-state index in [2.05, 4.69) is 156 Å². The SMILES string of the molecule is Cc1ccc2c(c1)c1cccc(-c3ccccc3)c1n2-c1ccc2c(c1)c1ccccc1n2-c1ccccc1. The summed E-state index contributed by atoms with van der Waals surface area (Å²) in [4.78, 5) is 0. The molecule has 39 heavy (non-hydrogen) atoms. The molecule has 0 spiro atoms. The van der Waals surface area contributed by atoms with Crippen LogP contribution in [0.3, 0.4) is 0 Å². The van der Waals surface area contributed by atoms with E-state index in [1.807, 2.05) is 0 Å². The summed E-state index contributed by atoms with van der Waals surface area (Å²) >= 11 is 0. The normalized spacial score (nSPS) is 11.7. The molecule has 2 heteroatoms. The quantitative estimate of drug-likeness (QED) is 0.229. The van der Waals surface area contributed by atoms with Gasteiger partial charge in [-0.3, -0.25) is 0 Å². The van der Waals surface area contributed by atoms with Crippen LogP contribution in [0.5, 0.6) is 0 Å². The van der Waals surface area contributed by atoms with E-state index in [0.717, 1.165) is 0 Å². The zero-order valence-electron chi connectivity index (χ0n) is 21.7. The highest BCUT2D eigenvalue weighted by Gasteiger charge is 2.18. The number of aromatic nitrogens is 2. The summed E-state index contributed by atoms with van der Waals surface area (Å²) in [6.45, 7) is 2.17. The molecule has 6 aromatic carbocycles. The van der Waals surface area contributed by atoms with Crippen LogP contribution in [0.15, 0.2) is 140 Å². The van der Waals surface area contributed by atoms with Gasteiger partial charge in [0, 0.05) is 38.5 Å². The summed E-state index contributed by atoms with van der Waals surface area (Å²) in [6, 6.07) is 50.6. The molecular formula is C37H26N2. The Morgan fingerprint density at radius 2 is 1.05 bits per heavy atom. The topological polar surface area (TPSA) is 9.86 Å². The van der Waals surface area contributed by atoms with Crippen molar-refractivity contribution in [3.8, 4) is 22.5 Å². The van der Waals surface area contributed by atoms with Gasteiger partial charge in [-0.25, -0.2) is 0 Å². The Kier molecular flexibility index (Phi) is 4.77. The number of hydrogen-bond donors (Lipinski definition) is 0. The van der Waals surface area contributed by atoms with Crippen LogP contribution < -0.4 is 0 Å². The highest BCUT2D eigenvalue weighted by atomic mass is 15.0. The van der Waals surface area contributed by atoms with Crippen molar-refractivity contribution in [1.82, 2.24) is 9.13 Å². The zero-order chi connectivity index (χ0) is 25.9. The maximum absolute atomic E-state index is 2.46. The molecule has 0 saturated heterocycles. The lowest BCUT2D eigenvalue weighted by Gasteiger charge is -2.13. The minimum atomic E-state index is 1.17. The van der Waals surface area contributed by atoms with E-state index in [1.54, 1.807) is 0 Å². The fourth-order valence-electron chi connectivity index (χ4n) is 6.26. The van der Waals surface area contributed by atoms with Gasteiger partial charge in [-0.15, -0.1) is 0 Å². The smallest absolute Gasteiger partial charge is 0.0619 e. The molecule has 0 atom stereocenters. The minimum Gasteiger partial charge on any atom is -0.309 e. The molecule has 0 N–H and O–H groups in total. The third-order valence-corrected chi connectivity index (χ3v) is 7.96. The van der Waals surface area contributed by atoms with Gasteiger partial charge in [0.2, 0.25) is 0 Å². The van der Waals surface area contributed by atoms with E-state index in [9.17, 15) is 0 Å². The minimum absolute atomic E-state index is 1.17. The first-order valence-electron chi connectivity index (χ1n) is 13.5. The van der Waals surface area contributed by atoms with Crippen LogP contribution in [0, 0.1) is 6.92 Å². The van der Waals surface area contributed by atoms with E-state index in [4.69, 9.17) is 0 Å². The largest absolute Gasteiger partial charge is 0.309 e. The van der Waals surface area contributed by atoms with Crippen molar-refractivity contribution in [1.29, 1.82) is 0 Å². The van der Waals surface area contributed by atoms with Crippen molar-refractivity contribution in [3.63, 3.8) is 0 Å². The Balaban J connectivity index is 1.49. The second-order valence-electron chi connectivity index (χ2n) is 10.3. The first-order chi connectivity index (χ1) is 19.3. The fourth-order valence-corrected chi connectivity index (χ4v) is 6.26. The lowest BCUT2D eigenvalue weighted by atomic mass is 10.0. The molecule has 0 amide bonds. The first kappa shape index (κ1) is 22.0. The predicted octanol–water partition coefficient (Wildman–Crippen LogP) is 9.86. The number of nitrogens with zero attached hydrogens (tertiary/aromatic N) is 2. The van der Waals surface area contributed by atoms with Crippen LogP contribution in [0.2, 0.25) is 0 Å². The van der Waals surface area contributed by atoms with Gasteiger partial charge in [-0.1, -0.05) is 96.6 Å². The van der Waals surface area contributed by atoms with Gasteiger partial charge in [-0.05, 0) is 61.0 Å². The van der Waals surface area contributed by atoms with Crippen LogP contribution in [-0.2, 0) is 0 Å².